The zero-order valence-electron chi connectivity index (χ0n) is 11.0. The Kier molecular flexibility index (Phi) is 4.26. The SMILES string of the molecule is CCCCCN(C)CC1C2CCC(C2)C1N. The van der Waals surface area contributed by atoms with Crippen molar-refractivity contribution in [2.45, 2.75) is 51.5 Å². The lowest BCUT2D eigenvalue weighted by Crippen LogP contribution is -2.42. The van der Waals surface area contributed by atoms with Crippen molar-refractivity contribution in [3.05, 3.63) is 0 Å². The highest BCUT2D eigenvalue weighted by Crippen LogP contribution is 2.47. The first kappa shape index (κ1) is 12.4. The molecule has 2 aliphatic rings. The van der Waals surface area contributed by atoms with Gasteiger partial charge in [0, 0.05) is 12.6 Å². The lowest BCUT2D eigenvalue weighted by Gasteiger charge is -2.31. The number of nitrogens with two attached hydrogens (primary N) is 1. The lowest BCUT2D eigenvalue weighted by atomic mass is 9.84. The van der Waals surface area contributed by atoms with Gasteiger partial charge in [0.25, 0.3) is 0 Å². The molecular formula is C14H28N2. The number of fused-ring (bicyclic) bond motifs is 2. The average molecular weight is 224 g/mol. The van der Waals surface area contributed by atoms with Gasteiger partial charge in [-0.05, 0) is 57.0 Å². The smallest absolute Gasteiger partial charge is 0.0111 e. The molecule has 2 nitrogen and oxygen atoms in total. The van der Waals surface area contributed by atoms with Crippen LogP contribution in [0.25, 0.3) is 0 Å². The first-order chi connectivity index (χ1) is 7.72. The van der Waals surface area contributed by atoms with E-state index in [1.54, 1.807) is 0 Å². The highest BCUT2D eigenvalue weighted by atomic mass is 15.1. The molecule has 0 aliphatic heterocycles. The van der Waals surface area contributed by atoms with E-state index in [9.17, 15) is 0 Å². The van der Waals surface area contributed by atoms with Crippen molar-refractivity contribution in [3.63, 3.8) is 0 Å². The lowest BCUT2D eigenvalue weighted by molar-refractivity contribution is 0.197. The van der Waals surface area contributed by atoms with Crippen LogP contribution >= 0.6 is 0 Å². The van der Waals surface area contributed by atoms with Crippen LogP contribution in [-0.4, -0.2) is 31.1 Å². The molecule has 2 heteroatoms. The Bertz CT molecular complexity index is 215. The molecule has 4 atom stereocenters. The molecule has 2 saturated carbocycles. The predicted molar refractivity (Wildman–Crippen MR) is 69.3 cm³/mol. The first-order valence-corrected chi connectivity index (χ1v) is 7.16. The molecular weight excluding hydrogens is 196 g/mol. The Morgan fingerprint density at radius 1 is 1.19 bits per heavy atom. The number of nitrogens with zero attached hydrogens (tertiary/aromatic N) is 1. The Hall–Kier alpha value is -0.0800. The number of rotatable bonds is 6. The van der Waals surface area contributed by atoms with Crippen LogP contribution in [-0.2, 0) is 0 Å². The van der Waals surface area contributed by atoms with Crippen molar-refractivity contribution in [1.82, 2.24) is 4.90 Å². The van der Waals surface area contributed by atoms with Gasteiger partial charge in [-0.1, -0.05) is 19.8 Å². The van der Waals surface area contributed by atoms with Gasteiger partial charge in [-0.3, -0.25) is 0 Å². The van der Waals surface area contributed by atoms with Crippen LogP contribution in [0.1, 0.15) is 45.4 Å². The van der Waals surface area contributed by atoms with E-state index in [1.165, 1.54) is 51.6 Å². The van der Waals surface area contributed by atoms with Crippen LogP contribution in [0.2, 0.25) is 0 Å². The second kappa shape index (κ2) is 5.50. The third-order valence-electron chi connectivity index (χ3n) is 4.82. The summed E-state index contributed by atoms with van der Waals surface area (Å²) in [7, 11) is 2.27. The molecule has 0 saturated heterocycles. The molecule has 4 unspecified atom stereocenters. The normalized spacial score (nSPS) is 37.5. The molecule has 16 heavy (non-hydrogen) atoms. The molecule has 0 aromatic carbocycles. The molecule has 2 rings (SSSR count). The van der Waals surface area contributed by atoms with Gasteiger partial charge < -0.3 is 10.6 Å². The molecule has 0 aromatic heterocycles. The van der Waals surface area contributed by atoms with Crippen LogP contribution in [0.15, 0.2) is 0 Å². The number of unbranched alkanes of at least 4 members (excludes halogenated alkanes) is 2. The highest BCUT2D eigenvalue weighted by Gasteiger charge is 2.45. The van der Waals surface area contributed by atoms with Crippen LogP contribution in [0, 0.1) is 17.8 Å². The summed E-state index contributed by atoms with van der Waals surface area (Å²) < 4.78 is 0. The Labute approximate surface area is 101 Å². The monoisotopic (exact) mass is 224 g/mol. The van der Waals surface area contributed by atoms with E-state index in [0.717, 1.165) is 17.8 Å². The second-order valence-electron chi connectivity index (χ2n) is 6.04. The van der Waals surface area contributed by atoms with Gasteiger partial charge in [0.15, 0.2) is 0 Å². The van der Waals surface area contributed by atoms with Crippen LogP contribution < -0.4 is 5.73 Å². The van der Waals surface area contributed by atoms with Gasteiger partial charge in [0.1, 0.15) is 0 Å². The van der Waals surface area contributed by atoms with Gasteiger partial charge >= 0.3 is 0 Å². The summed E-state index contributed by atoms with van der Waals surface area (Å²) >= 11 is 0. The quantitative estimate of drug-likeness (QED) is 0.702. The van der Waals surface area contributed by atoms with Gasteiger partial charge in [-0.15, -0.1) is 0 Å². The standard InChI is InChI=1S/C14H28N2/c1-3-4-5-8-16(2)10-13-11-6-7-12(9-11)14(13)15/h11-14H,3-10,15H2,1-2H3. The van der Waals surface area contributed by atoms with Gasteiger partial charge in [-0.25, -0.2) is 0 Å². The Balaban J connectivity index is 1.72. The van der Waals surface area contributed by atoms with Gasteiger partial charge in [-0.2, -0.15) is 0 Å². The number of hydrogen-bond acceptors (Lipinski definition) is 2. The summed E-state index contributed by atoms with van der Waals surface area (Å²) in [4.78, 5) is 2.51. The van der Waals surface area contributed by atoms with Crippen molar-refractivity contribution in [2.24, 2.45) is 23.5 Å². The number of hydrogen-bond donors (Lipinski definition) is 1. The van der Waals surface area contributed by atoms with Crippen molar-refractivity contribution in [3.8, 4) is 0 Å². The molecule has 94 valence electrons. The Morgan fingerprint density at radius 3 is 2.56 bits per heavy atom. The minimum absolute atomic E-state index is 0.507. The van der Waals surface area contributed by atoms with Crippen molar-refractivity contribution >= 4 is 0 Å². The molecule has 0 amide bonds. The molecule has 0 spiro atoms. The molecule has 0 heterocycles. The van der Waals surface area contributed by atoms with E-state index in [0.29, 0.717) is 6.04 Å². The maximum atomic E-state index is 6.34. The fourth-order valence-corrected chi connectivity index (χ4v) is 3.81. The van der Waals surface area contributed by atoms with Crippen molar-refractivity contribution < 1.29 is 0 Å². The summed E-state index contributed by atoms with van der Waals surface area (Å²) in [5, 5.41) is 0. The van der Waals surface area contributed by atoms with E-state index < -0.39 is 0 Å². The fraction of sp³-hybridized carbons (Fsp3) is 1.00. The average Bonchev–Trinajstić information content (AvgIpc) is 2.83. The van der Waals surface area contributed by atoms with E-state index in [4.69, 9.17) is 5.73 Å². The molecule has 2 aliphatic carbocycles. The molecule has 2 bridgehead atoms. The molecule has 0 radical (unpaired) electrons. The summed E-state index contributed by atoms with van der Waals surface area (Å²) in [6.45, 7) is 4.77. The summed E-state index contributed by atoms with van der Waals surface area (Å²) in [5.41, 5.74) is 6.34. The van der Waals surface area contributed by atoms with Crippen LogP contribution in [0.5, 0.6) is 0 Å². The summed E-state index contributed by atoms with van der Waals surface area (Å²) in [5.74, 6) is 2.61. The first-order valence-electron chi connectivity index (χ1n) is 7.16. The third-order valence-corrected chi connectivity index (χ3v) is 4.82. The van der Waals surface area contributed by atoms with Gasteiger partial charge in [0.05, 0.1) is 0 Å². The maximum Gasteiger partial charge on any atom is 0.0111 e. The second-order valence-corrected chi connectivity index (χ2v) is 6.04. The zero-order chi connectivity index (χ0) is 11.5. The molecule has 2 fully saturated rings. The minimum Gasteiger partial charge on any atom is -0.327 e. The van der Waals surface area contributed by atoms with Crippen LogP contribution in [0.3, 0.4) is 0 Å². The predicted octanol–water partition coefficient (Wildman–Crippen LogP) is 2.48. The van der Waals surface area contributed by atoms with E-state index >= 15 is 0 Å². The van der Waals surface area contributed by atoms with E-state index in [2.05, 4.69) is 18.9 Å². The zero-order valence-corrected chi connectivity index (χ0v) is 11.0. The fourth-order valence-electron chi connectivity index (χ4n) is 3.81. The molecule has 2 N–H and O–H groups in total. The highest BCUT2D eigenvalue weighted by molar-refractivity contribution is 4.99. The molecule has 0 aromatic rings. The Morgan fingerprint density at radius 2 is 1.94 bits per heavy atom. The topological polar surface area (TPSA) is 29.3 Å². The van der Waals surface area contributed by atoms with Gasteiger partial charge in [0.2, 0.25) is 0 Å². The third kappa shape index (κ3) is 2.60. The van der Waals surface area contributed by atoms with E-state index in [1.807, 2.05) is 0 Å². The van der Waals surface area contributed by atoms with Crippen molar-refractivity contribution in [2.75, 3.05) is 20.1 Å². The minimum atomic E-state index is 0.507. The van der Waals surface area contributed by atoms with Crippen molar-refractivity contribution in [1.29, 1.82) is 0 Å². The maximum absolute atomic E-state index is 6.34. The summed E-state index contributed by atoms with van der Waals surface area (Å²) in [6.07, 6.45) is 8.32. The summed E-state index contributed by atoms with van der Waals surface area (Å²) in [6, 6.07) is 0.507. The van der Waals surface area contributed by atoms with Crippen LogP contribution in [0.4, 0.5) is 0 Å². The largest absolute Gasteiger partial charge is 0.327 e. The van der Waals surface area contributed by atoms with E-state index in [-0.39, 0.29) is 0 Å².